The fourth-order valence-electron chi connectivity index (χ4n) is 1.69. The zero-order chi connectivity index (χ0) is 14.0. The summed E-state index contributed by atoms with van der Waals surface area (Å²) < 4.78 is 13.2. The number of nitrogen functional groups attached to an aromatic ring is 1. The molecule has 2 aromatic rings. The van der Waals surface area contributed by atoms with Crippen molar-refractivity contribution in [2.24, 2.45) is 0 Å². The van der Waals surface area contributed by atoms with E-state index in [0.717, 1.165) is 11.4 Å². The van der Waals surface area contributed by atoms with Gasteiger partial charge in [0.25, 0.3) is 0 Å². The van der Waals surface area contributed by atoms with Crippen LogP contribution >= 0.6 is 11.6 Å². The summed E-state index contributed by atoms with van der Waals surface area (Å²) in [4.78, 5) is 1.99. The van der Waals surface area contributed by atoms with Gasteiger partial charge in [0.15, 0.2) is 0 Å². The molecule has 0 amide bonds. The molecule has 0 saturated heterocycles. The Morgan fingerprint density at radius 3 is 2.63 bits per heavy atom. The molecule has 0 spiro atoms. The van der Waals surface area contributed by atoms with Crippen LogP contribution in [0.3, 0.4) is 0 Å². The predicted molar refractivity (Wildman–Crippen MR) is 79.9 cm³/mol. The zero-order valence-electron chi connectivity index (χ0n) is 10.7. The van der Waals surface area contributed by atoms with Crippen LogP contribution in [0.25, 0.3) is 0 Å². The SMILES string of the molecule is CN(C)c1cccc(Nc2cc(Cl)c(F)cc2N)c1. The summed E-state index contributed by atoms with van der Waals surface area (Å²) in [5.74, 6) is -0.522. The fourth-order valence-corrected chi connectivity index (χ4v) is 1.85. The highest BCUT2D eigenvalue weighted by atomic mass is 35.5. The van der Waals surface area contributed by atoms with E-state index in [-0.39, 0.29) is 5.02 Å². The second-order valence-electron chi connectivity index (χ2n) is 4.42. The number of nitrogens with one attached hydrogen (secondary N) is 1. The topological polar surface area (TPSA) is 41.3 Å². The Balaban J connectivity index is 2.31. The molecule has 3 N–H and O–H groups in total. The third-order valence-electron chi connectivity index (χ3n) is 2.73. The molecular formula is C14H15ClFN3. The molecule has 3 nitrogen and oxygen atoms in total. The lowest BCUT2D eigenvalue weighted by Crippen LogP contribution is -2.08. The largest absolute Gasteiger partial charge is 0.397 e. The Morgan fingerprint density at radius 2 is 1.95 bits per heavy atom. The first kappa shape index (κ1) is 13.5. The highest BCUT2D eigenvalue weighted by Gasteiger charge is 2.07. The van der Waals surface area contributed by atoms with Crippen molar-refractivity contribution >= 4 is 34.4 Å². The first-order valence-corrected chi connectivity index (χ1v) is 6.14. The molecule has 0 aliphatic heterocycles. The van der Waals surface area contributed by atoms with Crippen LogP contribution in [-0.4, -0.2) is 14.1 Å². The third-order valence-corrected chi connectivity index (χ3v) is 3.02. The Kier molecular flexibility index (Phi) is 3.81. The van der Waals surface area contributed by atoms with Gasteiger partial charge in [-0.2, -0.15) is 0 Å². The third kappa shape index (κ3) is 3.09. The standard InChI is InChI=1S/C14H15ClFN3/c1-19(2)10-5-3-4-9(6-10)18-14-7-11(15)12(16)8-13(14)17/h3-8,18H,17H2,1-2H3. The summed E-state index contributed by atoms with van der Waals surface area (Å²) in [6.45, 7) is 0. The molecule has 100 valence electrons. The van der Waals surface area contributed by atoms with Crippen LogP contribution in [0.4, 0.5) is 27.1 Å². The molecule has 0 aliphatic carbocycles. The van der Waals surface area contributed by atoms with E-state index in [2.05, 4.69) is 5.32 Å². The normalized spacial score (nSPS) is 10.3. The molecule has 0 aromatic heterocycles. The molecule has 0 aliphatic rings. The van der Waals surface area contributed by atoms with Crippen LogP contribution in [0.5, 0.6) is 0 Å². The van der Waals surface area contributed by atoms with E-state index in [4.69, 9.17) is 17.3 Å². The monoisotopic (exact) mass is 279 g/mol. The lowest BCUT2D eigenvalue weighted by Gasteiger charge is -2.15. The van der Waals surface area contributed by atoms with Gasteiger partial charge in [-0.3, -0.25) is 0 Å². The van der Waals surface area contributed by atoms with E-state index < -0.39 is 5.82 Å². The summed E-state index contributed by atoms with van der Waals surface area (Å²) >= 11 is 5.75. The molecule has 0 unspecified atom stereocenters. The van der Waals surface area contributed by atoms with E-state index in [1.165, 1.54) is 12.1 Å². The van der Waals surface area contributed by atoms with Gasteiger partial charge in [0.1, 0.15) is 5.82 Å². The summed E-state index contributed by atoms with van der Waals surface area (Å²) in [5.41, 5.74) is 8.58. The minimum absolute atomic E-state index is 0.0421. The minimum atomic E-state index is -0.522. The number of hydrogen-bond acceptors (Lipinski definition) is 3. The maximum absolute atomic E-state index is 13.2. The van der Waals surface area contributed by atoms with Crippen molar-refractivity contribution in [1.29, 1.82) is 0 Å². The van der Waals surface area contributed by atoms with Crippen molar-refractivity contribution in [1.82, 2.24) is 0 Å². The van der Waals surface area contributed by atoms with Gasteiger partial charge < -0.3 is 16.0 Å². The van der Waals surface area contributed by atoms with Crippen LogP contribution in [0.1, 0.15) is 0 Å². The molecule has 0 bridgehead atoms. The van der Waals surface area contributed by atoms with E-state index in [9.17, 15) is 4.39 Å². The number of halogens is 2. The molecular weight excluding hydrogens is 265 g/mol. The maximum Gasteiger partial charge on any atom is 0.143 e. The van der Waals surface area contributed by atoms with E-state index in [1.54, 1.807) is 0 Å². The van der Waals surface area contributed by atoms with Gasteiger partial charge in [0.05, 0.1) is 16.4 Å². The first-order valence-electron chi connectivity index (χ1n) is 5.76. The lowest BCUT2D eigenvalue weighted by atomic mass is 10.2. The molecule has 5 heteroatoms. The molecule has 2 aromatic carbocycles. The molecule has 19 heavy (non-hydrogen) atoms. The Hall–Kier alpha value is -1.94. The number of hydrogen-bond donors (Lipinski definition) is 2. The van der Waals surface area contributed by atoms with Crippen molar-refractivity contribution in [2.75, 3.05) is 30.0 Å². The first-order chi connectivity index (χ1) is 8.97. The minimum Gasteiger partial charge on any atom is -0.397 e. The van der Waals surface area contributed by atoms with E-state index >= 15 is 0 Å². The molecule has 0 radical (unpaired) electrons. The summed E-state index contributed by atoms with van der Waals surface area (Å²) in [6, 6.07) is 10.5. The lowest BCUT2D eigenvalue weighted by molar-refractivity contribution is 0.629. The molecule has 2 rings (SSSR count). The second-order valence-corrected chi connectivity index (χ2v) is 4.83. The predicted octanol–water partition coefficient (Wildman–Crippen LogP) is 3.87. The van der Waals surface area contributed by atoms with Gasteiger partial charge in [-0.05, 0) is 24.3 Å². The summed E-state index contributed by atoms with van der Waals surface area (Å²) in [5, 5.41) is 3.17. The highest BCUT2D eigenvalue weighted by molar-refractivity contribution is 6.31. The van der Waals surface area contributed by atoms with Crippen molar-refractivity contribution in [3.05, 3.63) is 47.2 Å². The molecule has 0 atom stereocenters. The Bertz CT molecular complexity index is 599. The van der Waals surface area contributed by atoms with Gasteiger partial charge in [-0.15, -0.1) is 0 Å². The highest BCUT2D eigenvalue weighted by Crippen LogP contribution is 2.29. The zero-order valence-corrected chi connectivity index (χ0v) is 11.5. The number of nitrogens with zero attached hydrogens (tertiary/aromatic N) is 1. The smallest absolute Gasteiger partial charge is 0.143 e. The van der Waals surface area contributed by atoms with E-state index in [1.807, 2.05) is 43.3 Å². The second kappa shape index (κ2) is 5.36. The van der Waals surface area contributed by atoms with Gasteiger partial charge in [-0.25, -0.2) is 4.39 Å². The van der Waals surface area contributed by atoms with Crippen LogP contribution in [0.15, 0.2) is 36.4 Å². The number of rotatable bonds is 3. The van der Waals surface area contributed by atoms with Crippen molar-refractivity contribution in [3.63, 3.8) is 0 Å². The number of anilines is 4. The van der Waals surface area contributed by atoms with Crippen LogP contribution < -0.4 is 16.0 Å². The number of benzene rings is 2. The molecule has 0 saturated carbocycles. The summed E-state index contributed by atoms with van der Waals surface area (Å²) in [7, 11) is 3.92. The quantitative estimate of drug-likeness (QED) is 0.838. The Labute approximate surface area is 116 Å². The fraction of sp³-hybridized carbons (Fsp3) is 0.143. The Morgan fingerprint density at radius 1 is 1.21 bits per heavy atom. The van der Waals surface area contributed by atoms with E-state index in [0.29, 0.717) is 11.4 Å². The molecule has 0 heterocycles. The average molecular weight is 280 g/mol. The average Bonchev–Trinajstić information content (AvgIpc) is 2.36. The summed E-state index contributed by atoms with van der Waals surface area (Å²) in [6.07, 6.45) is 0. The number of nitrogens with two attached hydrogens (primary N) is 1. The van der Waals surface area contributed by atoms with Gasteiger partial charge in [0, 0.05) is 31.5 Å². The van der Waals surface area contributed by atoms with Crippen molar-refractivity contribution < 1.29 is 4.39 Å². The van der Waals surface area contributed by atoms with Gasteiger partial charge >= 0.3 is 0 Å². The van der Waals surface area contributed by atoms with Crippen LogP contribution in [-0.2, 0) is 0 Å². The van der Waals surface area contributed by atoms with Gasteiger partial charge in [0.2, 0.25) is 0 Å². The van der Waals surface area contributed by atoms with Gasteiger partial charge in [-0.1, -0.05) is 17.7 Å². The van der Waals surface area contributed by atoms with Crippen molar-refractivity contribution in [3.8, 4) is 0 Å². The maximum atomic E-state index is 13.2. The van der Waals surface area contributed by atoms with Crippen molar-refractivity contribution in [2.45, 2.75) is 0 Å². The van der Waals surface area contributed by atoms with Crippen LogP contribution in [0, 0.1) is 5.82 Å². The van der Waals surface area contributed by atoms with Crippen LogP contribution in [0.2, 0.25) is 5.02 Å². The molecule has 0 fully saturated rings.